The molecule has 0 aromatic carbocycles. The van der Waals surface area contributed by atoms with Gasteiger partial charge in [0.05, 0.1) is 12.5 Å². The number of ether oxygens (including phenoxy) is 1. The van der Waals surface area contributed by atoms with Gasteiger partial charge >= 0.3 is 5.97 Å². The molecule has 0 amide bonds. The van der Waals surface area contributed by atoms with Crippen molar-refractivity contribution in [3.63, 3.8) is 0 Å². The van der Waals surface area contributed by atoms with E-state index in [-0.39, 0.29) is 17.3 Å². The molecule has 2 heterocycles. The van der Waals surface area contributed by atoms with Crippen molar-refractivity contribution < 1.29 is 9.53 Å². The molecule has 1 unspecified atom stereocenters. The van der Waals surface area contributed by atoms with Crippen LogP contribution in [0.25, 0.3) is 0 Å². The highest BCUT2D eigenvalue weighted by atomic mass is 16.5. The summed E-state index contributed by atoms with van der Waals surface area (Å²) in [5.41, 5.74) is 0.168. The maximum atomic E-state index is 11.7. The highest BCUT2D eigenvalue weighted by Crippen LogP contribution is 2.40. The standard InChI is InChI=1S/C10H18N2O2/c1-3-14-9(13)8-4-11-5-10(8)6-12(2)7-10/h8,11H,3-7H2,1-2H3. The fourth-order valence-corrected chi connectivity index (χ4v) is 2.74. The predicted molar refractivity (Wildman–Crippen MR) is 52.9 cm³/mol. The van der Waals surface area contributed by atoms with Crippen LogP contribution in [0.5, 0.6) is 0 Å². The molecule has 2 rings (SSSR count). The zero-order chi connectivity index (χ0) is 10.2. The van der Waals surface area contributed by atoms with E-state index in [1.54, 1.807) is 0 Å². The molecule has 1 spiro atoms. The van der Waals surface area contributed by atoms with E-state index in [9.17, 15) is 4.79 Å². The summed E-state index contributed by atoms with van der Waals surface area (Å²) in [6, 6.07) is 0. The summed E-state index contributed by atoms with van der Waals surface area (Å²) in [5.74, 6) is 0.0456. The number of likely N-dealkylation sites (tertiary alicyclic amines) is 1. The molecule has 80 valence electrons. The van der Waals surface area contributed by atoms with Crippen molar-refractivity contribution in [1.29, 1.82) is 0 Å². The minimum absolute atomic E-state index is 0.0226. The lowest BCUT2D eigenvalue weighted by molar-refractivity contribution is -0.155. The molecule has 4 heteroatoms. The SMILES string of the molecule is CCOC(=O)C1CNCC12CN(C)C2. The first kappa shape index (κ1) is 9.93. The molecule has 0 saturated carbocycles. The second-order valence-corrected chi connectivity index (χ2v) is 4.47. The van der Waals surface area contributed by atoms with E-state index >= 15 is 0 Å². The average molecular weight is 198 g/mol. The number of carbonyl (C=O) groups excluding carboxylic acids is 1. The molecule has 0 radical (unpaired) electrons. The Bertz CT molecular complexity index is 236. The van der Waals surface area contributed by atoms with Gasteiger partial charge in [0.25, 0.3) is 0 Å². The van der Waals surface area contributed by atoms with E-state index in [0.29, 0.717) is 6.61 Å². The fourth-order valence-electron chi connectivity index (χ4n) is 2.74. The number of hydrogen-bond donors (Lipinski definition) is 1. The second-order valence-electron chi connectivity index (χ2n) is 4.47. The summed E-state index contributed by atoms with van der Waals surface area (Å²) in [4.78, 5) is 13.9. The summed E-state index contributed by atoms with van der Waals surface area (Å²) in [5, 5.41) is 3.30. The molecule has 0 aromatic heterocycles. The van der Waals surface area contributed by atoms with Crippen LogP contribution in [-0.2, 0) is 9.53 Å². The van der Waals surface area contributed by atoms with Crippen molar-refractivity contribution in [2.45, 2.75) is 6.92 Å². The van der Waals surface area contributed by atoms with Crippen LogP contribution in [0.1, 0.15) is 6.92 Å². The van der Waals surface area contributed by atoms with Gasteiger partial charge in [-0.05, 0) is 14.0 Å². The molecular formula is C10H18N2O2. The van der Waals surface area contributed by atoms with Crippen molar-refractivity contribution in [2.24, 2.45) is 11.3 Å². The number of esters is 1. The molecule has 0 aromatic rings. The van der Waals surface area contributed by atoms with Crippen LogP contribution in [0, 0.1) is 11.3 Å². The van der Waals surface area contributed by atoms with Crippen LogP contribution in [0.15, 0.2) is 0 Å². The maximum absolute atomic E-state index is 11.7. The Kier molecular flexibility index (Phi) is 2.49. The monoisotopic (exact) mass is 198 g/mol. The summed E-state index contributed by atoms with van der Waals surface area (Å²) >= 11 is 0. The first-order valence-corrected chi connectivity index (χ1v) is 5.24. The number of nitrogens with one attached hydrogen (secondary N) is 1. The lowest BCUT2D eigenvalue weighted by Crippen LogP contribution is -2.60. The van der Waals surface area contributed by atoms with Crippen molar-refractivity contribution in [1.82, 2.24) is 10.2 Å². The molecule has 0 bridgehead atoms. The Balaban J connectivity index is 2.01. The minimum Gasteiger partial charge on any atom is -0.466 e. The molecule has 14 heavy (non-hydrogen) atoms. The van der Waals surface area contributed by atoms with Gasteiger partial charge in [0.2, 0.25) is 0 Å². The highest BCUT2D eigenvalue weighted by Gasteiger charge is 2.53. The molecule has 2 fully saturated rings. The van der Waals surface area contributed by atoms with E-state index < -0.39 is 0 Å². The summed E-state index contributed by atoms with van der Waals surface area (Å²) in [6.07, 6.45) is 0. The van der Waals surface area contributed by atoms with E-state index in [2.05, 4.69) is 17.3 Å². The first-order chi connectivity index (χ1) is 6.68. The lowest BCUT2D eigenvalue weighted by Gasteiger charge is -2.48. The third kappa shape index (κ3) is 1.42. The number of carbonyl (C=O) groups is 1. The second kappa shape index (κ2) is 3.51. The Morgan fingerprint density at radius 2 is 2.36 bits per heavy atom. The topological polar surface area (TPSA) is 41.6 Å². The Hall–Kier alpha value is -0.610. The van der Waals surface area contributed by atoms with Gasteiger partial charge in [-0.15, -0.1) is 0 Å². The Morgan fingerprint density at radius 3 is 2.93 bits per heavy atom. The van der Waals surface area contributed by atoms with Crippen molar-refractivity contribution in [3.8, 4) is 0 Å². The largest absolute Gasteiger partial charge is 0.466 e. The zero-order valence-electron chi connectivity index (χ0n) is 8.88. The van der Waals surface area contributed by atoms with Crippen LogP contribution in [0.4, 0.5) is 0 Å². The zero-order valence-corrected chi connectivity index (χ0v) is 8.88. The highest BCUT2D eigenvalue weighted by molar-refractivity contribution is 5.74. The minimum atomic E-state index is -0.0226. The van der Waals surface area contributed by atoms with Crippen LogP contribution >= 0.6 is 0 Å². The average Bonchev–Trinajstić information content (AvgIpc) is 2.48. The number of hydrogen-bond acceptors (Lipinski definition) is 4. The van der Waals surface area contributed by atoms with Gasteiger partial charge in [0, 0.05) is 31.6 Å². The molecule has 2 aliphatic heterocycles. The van der Waals surface area contributed by atoms with Crippen LogP contribution in [0.2, 0.25) is 0 Å². The molecule has 0 aliphatic carbocycles. The summed E-state index contributed by atoms with van der Waals surface area (Å²) < 4.78 is 5.09. The van der Waals surface area contributed by atoms with Crippen LogP contribution < -0.4 is 5.32 Å². The quantitative estimate of drug-likeness (QED) is 0.619. The van der Waals surface area contributed by atoms with Gasteiger partial charge in [0.15, 0.2) is 0 Å². The summed E-state index contributed by atoms with van der Waals surface area (Å²) in [7, 11) is 2.09. The summed E-state index contributed by atoms with van der Waals surface area (Å²) in [6.45, 7) is 6.13. The molecular weight excluding hydrogens is 180 g/mol. The normalized spacial score (nSPS) is 30.3. The van der Waals surface area contributed by atoms with E-state index in [1.165, 1.54) is 0 Å². The number of rotatable bonds is 2. The van der Waals surface area contributed by atoms with Crippen molar-refractivity contribution in [2.75, 3.05) is 39.8 Å². The maximum Gasteiger partial charge on any atom is 0.310 e. The van der Waals surface area contributed by atoms with Gasteiger partial charge in [-0.3, -0.25) is 4.79 Å². The van der Waals surface area contributed by atoms with Crippen LogP contribution in [-0.4, -0.2) is 50.7 Å². The third-order valence-electron chi connectivity index (χ3n) is 3.31. The van der Waals surface area contributed by atoms with Crippen LogP contribution in [0.3, 0.4) is 0 Å². The molecule has 2 aliphatic rings. The fraction of sp³-hybridized carbons (Fsp3) is 0.900. The molecule has 1 atom stereocenters. The van der Waals surface area contributed by atoms with Gasteiger partial charge in [-0.25, -0.2) is 0 Å². The molecule has 4 nitrogen and oxygen atoms in total. The Labute approximate surface area is 84.6 Å². The Morgan fingerprint density at radius 1 is 1.64 bits per heavy atom. The van der Waals surface area contributed by atoms with Gasteiger partial charge in [0.1, 0.15) is 0 Å². The van der Waals surface area contributed by atoms with E-state index in [1.807, 2.05) is 6.92 Å². The molecule has 2 saturated heterocycles. The smallest absolute Gasteiger partial charge is 0.310 e. The molecule has 1 N–H and O–H groups in total. The van der Waals surface area contributed by atoms with Gasteiger partial charge < -0.3 is 15.0 Å². The van der Waals surface area contributed by atoms with E-state index in [0.717, 1.165) is 26.2 Å². The van der Waals surface area contributed by atoms with E-state index in [4.69, 9.17) is 4.74 Å². The first-order valence-electron chi connectivity index (χ1n) is 5.24. The predicted octanol–water partition coefficient (Wildman–Crippen LogP) is -0.299. The lowest BCUT2D eigenvalue weighted by atomic mass is 9.72. The van der Waals surface area contributed by atoms with Gasteiger partial charge in [-0.2, -0.15) is 0 Å². The van der Waals surface area contributed by atoms with Crippen molar-refractivity contribution >= 4 is 5.97 Å². The number of nitrogens with zero attached hydrogens (tertiary/aromatic N) is 1. The van der Waals surface area contributed by atoms with Crippen molar-refractivity contribution in [3.05, 3.63) is 0 Å². The third-order valence-corrected chi connectivity index (χ3v) is 3.31. The van der Waals surface area contributed by atoms with Gasteiger partial charge in [-0.1, -0.05) is 0 Å².